The molecule has 3 aromatic rings. The molecular formula is C33H51N5O4. The van der Waals surface area contributed by atoms with Gasteiger partial charge < -0.3 is 24.6 Å². The molecule has 1 aliphatic heterocycles. The second kappa shape index (κ2) is 18.4. The molecule has 1 saturated heterocycles. The van der Waals surface area contributed by atoms with E-state index in [0.29, 0.717) is 47.3 Å². The van der Waals surface area contributed by atoms with Crippen molar-refractivity contribution in [2.45, 2.75) is 85.0 Å². The summed E-state index contributed by atoms with van der Waals surface area (Å²) < 4.78 is 11.2. The monoisotopic (exact) mass is 581 g/mol. The summed E-state index contributed by atoms with van der Waals surface area (Å²) in [5, 5.41) is 9.32. The Labute approximate surface area is 251 Å². The fraction of sp³-hybridized carbons (Fsp3) is 0.606. The first-order chi connectivity index (χ1) is 20.4. The molecule has 0 radical (unpaired) electrons. The van der Waals surface area contributed by atoms with Crippen molar-refractivity contribution in [3.63, 3.8) is 0 Å². The minimum absolute atomic E-state index is 0.342. The van der Waals surface area contributed by atoms with E-state index in [1.807, 2.05) is 51.1 Å². The molecule has 0 amide bonds. The van der Waals surface area contributed by atoms with Gasteiger partial charge in [-0.3, -0.25) is 4.79 Å². The van der Waals surface area contributed by atoms with Gasteiger partial charge >= 0.3 is 0 Å². The number of likely N-dealkylation sites (tertiary alicyclic amines) is 1. The van der Waals surface area contributed by atoms with E-state index >= 15 is 0 Å². The summed E-state index contributed by atoms with van der Waals surface area (Å²) in [5.41, 5.74) is 6.72. The Balaban J connectivity index is 0.000000340. The van der Waals surface area contributed by atoms with Crippen LogP contribution in [-0.2, 0) is 16.0 Å². The largest absolute Gasteiger partial charge is 0.480 e. The number of carbonyl (C=O) groups excluding carboxylic acids is 2. The highest BCUT2D eigenvalue weighted by atomic mass is 16.5. The van der Waals surface area contributed by atoms with Crippen molar-refractivity contribution in [2.24, 2.45) is 17.1 Å². The number of hydrogen-bond donors (Lipinski definition) is 1. The molecule has 1 aromatic carbocycles. The van der Waals surface area contributed by atoms with E-state index in [1.165, 1.54) is 33.0 Å². The number of Topliss-reactive ketones (excluding diaryl/α,β-unsaturated/α-hetero) is 1. The minimum atomic E-state index is 0.342. The molecule has 2 aromatic heterocycles. The predicted molar refractivity (Wildman–Crippen MR) is 168 cm³/mol. The number of ether oxygens (including phenoxy) is 1. The minimum Gasteiger partial charge on any atom is -0.480 e. The second-order valence-electron chi connectivity index (χ2n) is 10.9. The predicted octanol–water partition coefficient (Wildman–Crippen LogP) is 6.28. The topological polar surface area (TPSA) is 124 Å². The average Bonchev–Trinajstić information content (AvgIpc) is 3.47. The van der Waals surface area contributed by atoms with Gasteiger partial charge in [-0.1, -0.05) is 51.8 Å². The fourth-order valence-corrected chi connectivity index (χ4v) is 5.82. The van der Waals surface area contributed by atoms with Crippen LogP contribution in [0.4, 0.5) is 0 Å². The summed E-state index contributed by atoms with van der Waals surface area (Å²) in [7, 11) is 5.25. The lowest BCUT2D eigenvalue weighted by atomic mass is 9.57. The number of methoxy groups -OCH3 is 1. The highest BCUT2D eigenvalue weighted by Crippen LogP contribution is 2.52. The van der Waals surface area contributed by atoms with Crippen LogP contribution in [0.15, 0.2) is 34.7 Å². The summed E-state index contributed by atoms with van der Waals surface area (Å²) in [6.45, 7) is 8.44. The van der Waals surface area contributed by atoms with Crippen LogP contribution in [0.2, 0.25) is 0 Å². The summed E-state index contributed by atoms with van der Waals surface area (Å²) >= 11 is 0. The molecule has 0 atom stereocenters. The van der Waals surface area contributed by atoms with Gasteiger partial charge in [-0.2, -0.15) is 0 Å². The molecule has 3 heterocycles. The number of aryl methyl sites for hydroxylation is 1. The number of rotatable bonds is 12. The molecule has 0 bridgehead atoms. The van der Waals surface area contributed by atoms with Crippen LogP contribution in [-0.4, -0.2) is 66.4 Å². The van der Waals surface area contributed by atoms with E-state index in [2.05, 4.69) is 32.9 Å². The molecule has 42 heavy (non-hydrogen) atoms. The van der Waals surface area contributed by atoms with Gasteiger partial charge in [0, 0.05) is 44.2 Å². The lowest BCUT2D eigenvalue weighted by Gasteiger charge is -2.58. The third-order valence-electron chi connectivity index (χ3n) is 7.65. The van der Waals surface area contributed by atoms with E-state index in [0.717, 1.165) is 61.6 Å². The first-order valence-electron chi connectivity index (χ1n) is 15.4. The molecule has 9 nitrogen and oxygen atoms in total. The Bertz CT molecular complexity index is 1210. The van der Waals surface area contributed by atoms with Crippen LogP contribution >= 0.6 is 0 Å². The van der Waals surface area contributed by atoms with Crippen molar-refractivity contribution in [1.82, 2.24) is 20.1 Å². The van der Waals surface area contributed by atoms with Gasteiger partial charge in [0.2, 0.25) is 11.8 Å². The number of nitrogens with two attached hydrogens (primary N) is 1. The van der Waals surface area contributed by atoms with Crippen LogP contribution in [0.3, 0.4) is 0 Å². The highest BCUT2D eigenvalue weighted by molar-refractivity contribution is 5.84. The molecule has 2 fully saturated rings. The van der Waals surface area contributed by atoms with Crippen LogP contribution in [0, 0.1) is 11.3 Å². The molecule has 1 aliphatic carbocycles. The lowest BCUT2D eigenvalue weighted by molar-refractivity contribution is -0.119. The SMILES string of the molecule is CC.CCC(=O)CCCCCCc1nnc(-c2cc3ccccc3nc2OC)o1.CN.CN1CC2(CC(CC=O)C2)C1. The normalized spacial score (nSPS) is 15.1. The highest BCUT2D eigenvalue weighted by Gasteiger charge is 2.50. The van der Waals surface area contributed by atoms with Crippen molar-refractivity contribution in [2.75, 3.05) is 34.3 Å². The molecule has 232 valence electrons. The molecule has 1 saturated carbocycles. The number of pyridine rings is 1. The summed E-state index contributed by atoms with van der Waals surface area (Å²) in [5.74, 6) is 2.58. The van der Waals surface area contributed by atoms with Gasteiger partial charge in [-0.25, -0.2) is 4.98 Å². The summed E-state index contributed by atoms with van der Waals surface area (Å²) in [6, 6.07) is 9.80. The van der Waals surface area contributed by atoms with Gasteiger partial charge in [0.15, 0.2) is 0 Å². The third-order valence-corrected chi connectivity index (χ3v) is 7.65. The quantitative estimate of drug-likeness (QED) is 0.194. The van der Waals surface area contributed by atoms with E-state index in [1.54, 1.807) is 7.11 Å². The van der Waals surface area contributed by atoms with E-state index in [4.69, 9.17) is 9.15 Å². The maximum atomic E-state index is 11.3. The zero-order valence-corrected chi connectivity index (χ0v) is 26.5. The molecule has 2 aliphatic rings. The number of aldehydes is 1. The number of para-hydroxylation sites is 1. The number of carbonyl (C=O) groups is 2. The third kappa shape index (κ3) is 9.98. The smallest absolute Gasteiger partial charge is 0.253 e. The van der Waals surface area contributed by atoms with Crippen LogP contribution in [0.1, 0.15) is 84.4 Å². The van der Waals surface area contributed by atoms with E-state index in [-0.39, 0.29) is 0 Å². The second-order valence-corrected chi connectivity index (χ2v) is 10.9. The summed E-state index contributed by atoms with van der Waals surface area (Å²) in [6.07, 6.45) is 10.6. The first kappa shape index (κ1) is 35.0. The lowest BCUT2D eigenvalue weighted by Crippen LogP contribution is -2.60. The summed E-state index contributed by atoms with van der Waals surface area (Å²) in [4.78, 5) is 28.3. The first-order valence-corrected chi connectivity index (χ1v) is 15.4. The number of benzene rings is 1. The Morgan fingerprint density at radius 2 is 1.81 bits per heavy atom. The van der Waals surface area contributed by atoms with Crippen molar-refractivity contribution < 1.29 is 18.7 Å². The van der Waals surface area contributed by atoms with E-state index < -0.39 is 0 Å². The number of fused-ring (bicyclic) bond motifs is 1. The van der Waals surface area contributed by atoms with Crippen LogP contribution < -0.4 is 10.5 Å². The molecule has 2 N–H and O–H groups in total. The zero-order valence-electron chi connectivity index (χ0n) is 26.5. The Morgan fingerprint density at radius 1 is 1.12 bits per heavy atom. The number of ketones is 1. The average molecular weight is 582 g/mol. The van der Waals surface area contributed by atoms with Crippen molar-refractivity contribution in [1.29, 1.82) is 0 Å². The maximum absolute atomic E-state index is 11.3. The fourth-order valence-electron chi connectivity index (χ4n) is 5.82. The van der Waals surface area contributed by atoms with Gasteiger partial charge in [0.25, 0.3) is 5.89 Å². The zero-order chi connectivity index (χ0) is 31.0. The Hall–Kier alpha value is -3.17. The van der Waals surface area contributed by atoms with Gasteiger partial charge in [0.1, 0.15) is 17.6 Å². The maximum Gasteiger partial charge on any atom is 0.253 e. The Morgan fingerprint density at radius 3 is 2.45 bits per heavy atom. The van der Waals surface area contributed by atoms with Gasteiger partial charge in [-0.15, -0.1) is 10.2 Å². The van der Waals surface area contributed by atoms with Gasteiger partial charge in [0.05, 0.1) is 12.6 Å². The van der Waals surface area contributed by atoms with Crippen molar-refractivity contribution in [3.8, 4) is 17.3 Å². The molecule has 0 unspecified atom stereocenters. The molecule has 5 rings (SSSR count). The van der Waals surface area contributed by atoms with Crippen molar-refractivity contribution in [3.05, 3.63) is 36.2 Å². The van der Waals surface area contributed by atoms with E-state index in [9.17, 15) is 9.59 Å². The van der Waals surface area contributed by atoms with Crippen LogP contribution in [0.25, 0.3) is 22.4 Å². The molecule has 9 heteroatoms. The number of hydrogen-bond acceptors (Lipinski definition) is 9. The van der Waals surface area contributed by atoms with Crippen molar-refractivity contribution >= 4 is 23.0 Å². The van der Waals surface area contributed by atoms with Gasteiger partial charge in [-0.05, 0) is 63.2 Å². The Kier molecular flexibility index (Phi) is 15.3. The van der Waals surface area contributed by atoms with Crippen LogP contribution in [0.5, 0.6) is 5.88 Å². The molecule has 1 spiro atoms. The molecular weight excluding hydrogens is 530 g/mol. The standard InChI is InChI=1S/C21H25N3O3.C9H15NO.C2H6.CH5N/c1-3-16(25)11-6-4-5-7-13-19-23-24-21(27-19)17-14-15-10-8-9-12-18(15)22-20(17)26-2;1-10-6-9(7-10)4-8(5-9)2-3-11;2*1-2/h8-10,12,14H,3-7,11,13H2,1-2H3;3,8H,2,4-7H2,1H3;1-2H3;2H2,1H3. The number of nitrogens with zero attached hydrogens (tertiary/aromatic N) is 4. The number of aromatic nitrogens is 3. The number of unbranched alkanes of at least 4 members (excludes halogenated alkanes) is 3.